The van der Waals surface area contributed by atoms with E-state index in [9.17, 15) is 18.0 Å². The van der Waals surface area contributed by atoms with Crippen LogP contribution in [0.4, 0.5) is 13.2 Å². The predicted octanol–water partition coefficient (Wildman–Crippen LogP) is 4.91. The fourth-order valence-electron chi connectivity index (χ4n) is 2.01. The molecule has 1 amide bonds. The van der Waals surface area contributed by atoms with E-state index in [-0.39, 0.29) is 5.91 Å². The number of aryl methyl sites for hydroxylation is 1. The monoisotopic (exact) mass is 339 g/mol. The van der Waals surface area contributed by atoms with Crippen molar-refractivity contribution in [1.29, 1.82) is 0 Å². The molecule has 1 aromatic carbocycles. The van der Waals surface area contributed by atoms with Gasteiger partial charge in [-0.15, -0.1) is 0 Å². The van der Waals surface area contributed by atoms with Crippen LogP contribution in [0, 0.1) is 5.92 Å². The van der Waals surface area contributed by atoms with Crippen molar-refractivity contribution in [2.75, 3.05) is 6.54 Å². The van der Waals surface area contributed by atoms with Crippen LogP contribution in [-0.4, -0.2) is 12.5 Å². The molecule has 1 N–H and O–H groups in total. The van der Waals surface area contributed by atoms with E-state index in [1.54, 1.807) is 18.2 Å². The highest BCUT2D eigenvalue weighted by molar-refractivity contribution is 5.87. The Balaban J connectivity index is 2.30. The molecule has 0 saturated carbocycles. The number of unbranched alkanes of at least 4 members (excludes halogenated alkanes) is 1. The summed E-state index contributed by atoms with van der Waals surface area (Å²) in [7, 11) is 0. The molecule has 0 unspecified atom stereocenters. The lowest BCUT2D eigenvalue weighted by molar-refractivity contribution is -0.137. The maximum absolute atomic E-state index is 12.6. The number of hydrogen-bond donors (Lipinski definition) is 1. The van der Waals surface area contributed by atoms with E-state index in [4.69, 9.17) is 0 Å². The number of benzene rings is 1. The first kappa shape index (κ1) is 20.0. The van der Waals surface area contributed by atoms with E-state index in [1.807, 2.05) is 19.9 Å². The number of nitrogens with one attached hydrogen (secondary N) is 1. The lowest BCUT2D eigenvalue weighted by Crippen LogP contribution is -2.25. The molecule has 2 nitrogen and oxygen atoms in total. The number of rotatable bonds is 8. The maximum atomic E-state index is 12.6. The van der Waals surface area contributed by atoms with Crippen LogP contribution >= 0.6 is 0 Å². The molecule has 0 aliphatic heterocycles. The number of carbonyl (C=O) groups excluding carboxylic acids is 1. The predicted molar refractivity (Wildman–Crippen MR) is 90.5 cm³/mol. The van der Waals surface area contributed by atoms with E-state index in [0.29, 0.717) is 24.4 Å². The molecule has 0 heterocycles. The van der Waals surface area contributed by atoms with Crippen LogP contribution in [0.15, 0.2) is 48.6 Å². The fraction of sp³-hybridized carbons (Fsp3) is 0.421. The van der Waals surface area contributed by atoms with Crippen LogP contribution < -0.4 is 5.32 Å². The van der Waals surface area contributed by atoms with E-state index >= 15 is 0 Å². The van der Waals surface area contributed by atoms with Gasteiger partial charge in [-0.2, -0.15) is 13.2 Å². The Morgan fingerprint density at radius 1 is 1.25 bits per heavy atom. The number of amides is 1. The van der Waals surface area contributed by atoms with Crippen LogP contribution in [0.25, 0.3) is 0 Å². The van der Waals surface area contributed by atoms with Crippen molar-refractivity contribution in [2.45, 2.75) is 39.3 Å². The van der Waals surface area contributed by atoms with Crippen molar-refractivity contribution >= 4 is 5.91 Å². The Hall–Kier alpha value is -2.04. The zero-order chi connectivity index (χ0) is 18.0. The Morgan fingerprint density at radius 3 is 2.67 bits per heavy atom. The minimum Gasteiger partial charge on any atom is -0.352 e. The summed E-state index contributed by atoms with van der Waals surface area (Å²) < 4.78 is 37.8. The average molecular weight is 339 g/mol. The first-order chi connectivity index (χ1) is 11.3. The normalized spacial score (nSPS) is 12.4. The number of allylic oxidation sites excluding steroid dienone is 3. The van der Waals surface area contributed by atoms with Crippen molar-refractivity contribution in [1.82, 2.24) is 5.32 Å². The molecule has 24 heavy (non-hydrogen) atoms. The van der Waals surface area contributed by atoms with E-state index in [2.05, 4.69) is 5.32 Å². The van der Waals surface area contributed by atoms with E-state index in [0.717, 1.165) is 18.9 Å². The van der Waals surface area contributed by atoms with Crippen LogP contribution in [-0.2, 0) is 17.4 Å². The molecule has 0 aliphatic rings. The van der Waals surface area contributed by atoms with Gasteiger partial charge in [-0.1, -0.05) is 50.3 Å². The van der Waals surface area contributed by atoms with Crippen LogP contribution in [0.5, 0.6) is 0 Å². The van der Waals surface area contributed by atoms with Gasteiger partial charge in [-0.25, -0.2) is 0 Å². The molecule has 0 atom stereocenters. The molecule has 0 aromatic heterocycles. The Morgan fingerprint density at radius 2 is 2.00 bits per heavy atom. The van der Waals surface area contributed by atoms with Crippen LogP contribution in [0.3, 0.4) is 0 Å². The lowest BCUT2D eigenvalue weighted by atomic mass is 10.0. The number of hydrogen-bond acceptors (Lipinski definition) is 1. The van der Waals surface area contributed by atoms with Crippen molar-refractivity contribution in [3.05, 3.63) is 59.7 Å². The largest absolute Gasteiger partial charge is 0.416 e. The molecule has 0 radical (unpaired) electrons. The van der Waals surface area contributed by atoms with Gasteiger partial charge >= 0.3 is 6.18 Å². The summed E-state index contributed by atoms with van der Waals surface area (Å²) in [4.78, 5) is 11.4. The summed E-state index contributed by atoms with van der Waals surface area (Å²) in [5, 5.41) is 2.77. The molecule has 5 heteroatoms. The van der Waals surface area contributed by atoms with E-state index < -0.39 is 11.7 Å². The maximum Gasteiger partial charge on any atom is 0.416 e. The summed E-state index contributed by atoms with van der Waals surface area (Å²) in [5.41, 5.74) is 0.0766. The van der Waals surface area contributed by atoms with Crippen molar-refractivity contribution in [2.24, 2.45) is 5.92 Å². The number of halogens is 3. The number of alkyl halides is 3. The Bertz CT molecular complexity index is 574. The Labute approximate surface area is 141 Å². The van der Waals surface area contributed by atoms with Crippen LogP contribution in [0.1, 0.15) is 37.8 Å². The minimum atomic E-state index is -4.29. The van der Waals surface area contributed by atoms with Crippen molar-refractivity contribution < 1.29 is 18.0 Å². The second kappa shape index (κ2) is 9.96. The van der Waals surface area contributed by atoms with Gasteiger partial charge in [0.25, 0.3) is 0 Å². The first-order valence-electron chi connectivity index (χ1n) is 8.06. The van der Waals surface area contributed by atoms with Crippen LogP contribution in [0.2, 0.25) is 0 Å². The van der Waals surface area contributed by atoms with Gasteiger partial charge in [0, 0.05) is 12.6 Å². The third-order valence-electron chi connectivity index (χ3n) is 3.27. The third-order valence-corrected chi connectivity index (χ3v) is 3.27. The lowest BCUT2D eigenvalue weighted by Gasteiger charge is -2.08. The van der Waals surface area contributed by atoms with Gasteiger partial charge < -0.3 is 5.32 Å². The molecule has 0 saturated heterocycles. The molecular formula is C19H24F3NO. The second-order valence-corrected chi connectivity index (χ2v) is 6.02. The van der Waals surface area contributed by atoms with Gasteiger partial charge in [0.2, 0.25) is 5.91 Å². The highest BCUT2D eigenvalue weighted by Crippen LogP contribution is 2.29. The molecule has 1 aromatic rings. The minimum absolute atomic E-state index is 0.127. The summed E-state index contributed by atoms with van der Waals surface area (Å²) in [6.45, 7) is 4.69. The van der Waals surface area contributed by atoms with Gasteiger partial charge in [-0.3, -0.25) is 4.79 Å². The zero-order valence-electron chi connectivity index (χ0n) is 14.1. The zero-order valence-corrected chi connectivity index (χ0v) is 14.1. The molecule has 0 spiro atoms. The summed E-state index contributed by atoms with van der Waals surface area (Å²) >= 11 is 0. The smallest absolute Gasteiger partial charge is 0.352 e. The third kappa shape index (κ3) is 8.56. The van der Waals surface area contributed by atoms with Crippen molar-refractivity contribution in [3.8, 4) is 0 Å². The first-order valence-corrected chi connectivity index (χ1v) is 8.06. The van der Waals surface area contributed by atoms with Crippen molar-refractivity contribution in [3.63, 3.8) is 0 Å². The fourth-order valence-corrected chi connectivity index (χ4v) is 2.01. The summed E-state index contributed by atoms with van der Waals surface area (Å²) in [5.74, 6) is 0.283. The highest BCUT2D eigenvalue weighted by Gasteiger charge is 2.30. The topological polar surface area (TPSA) is 29.1 Å². The molecule has 0 aliphatic carbocycles. The van der Waals surface area contributed by atoms with E-state index in [1.165, 1.54) is 18.2 Å². The van der Waals surface area contributed by atoms with Gasteiger partial charge in [0.15, 0.2) is 0 Å². The standard InChI is InChI=1S/C19H24F3NO/c1-15(2)14-23-18(24)12-7-5-3-4-6-9-16-10-8-11-17(13-16)19(20,21)22/h3,5,7-8,10-13,15H,4,6,9,14H2,1-2H3,(H,23,24)/b5-3+,12-7+. The summed E-state index contributed by atoms with van der Waals surface area (Å²) in [6, 6.07) is 5.42. The average Bonchev–Trinajstić information content (AvgIpc) is 2.51. The quantitative estimate of drug-likeness (QED) is 0.407. The molecule has 132 valence electrons. The number of carbonyl (C=O) groups is 1. The molecule has 0 bridgehead atoms. The SMILES string of the molecule is CC(C)CNC(=O)/C=C/C=C/CCCc1cccc(C(F)(F)F)c1. The highest BCUT2D eigenvalue weighted by atomic mass is 19.4. The van der Waals surface area contributed by atoms with Gasteiger partial charge in [-0.05, 0) is 36.8 Å². The Kier molecular flexibility index (Phi) is 8.30. The van der Waals surface area contributed by atoms with Gasteiger partial charge in [0.1, 0.15) is 0 Å². The summed E-state index contributed by atoms with van der Waals surface area (Å²) in [6.07, 6.45) is 4.61. The second-order valence-electron chi connectivity index (χ2n) is 6.02. The molecule has 1 rings (SSSR count). The molecular weight excluding hydrogens is 315 g/mol. The molecule has 0 fully saturated rings. The van der Waals surface area contributed by atoms with Gasteiger partial charge in [0.05, 0.1) is 5.56 Å².